The number of benzene rings is 2. The zero-order chi connectivity index (χ0) is 24.4. The summed E-state index contributed by atoms with van der Waals surface area (Å²) in [5.74, 6) is -0.158. The molecule has 1 N–H and O–H groups in total. The Morgan fingerprint density at radius 2 is 1.94 bits per heavy atom. The van der Waals surface area contributed by atoms with Crippen LogP contribution in [-0.2, 0) is 17.6 Å². The Balaban J connectivity index is 1.43. The van der Waals surface area contributed by atoms with E-state index in [1.54, 1.807) is 22.1 Å². The SMILES string of the molecule is Cc1ccc(-n2c(SCC(=O)NN=Cc3cccc(C)c3)nc3sc4c(c3c2=O)CCCC4)cc1. The lowest BCUT2D eigenvalue weighted by Crippen LogP contribution is -2.24. The number of rotatable bonds is 6. The number of aryl methyl sites for hydroxylation is 4. The van der Waals surface area contributed by atoms with E-state index >= 15 is 0 Å². The van der Waals surface area contributed by atoms with Crippen molar-refractivity contribution in [3.63, 3.8) is 0 Å². The predicted octanol–water partition coefficient (Wildman–Crippen LogP) is 5.19. The number of thioether (sulfide) groups is 1. The Bertz CT molecular complexity index is 1490. The molecular weight excluding hydrogens is 476 g/mol. The highest BCUT2D eigenvalue weighted by atomic mass is 32.2. The molecule has 2 aromatic heterocycles. The van der Waals surface area contributed by atoms with Gasteiger partial charge in [-0.15, -0.1) is 11.3 Å². The maximum absolute atomic E-state index is 13.8. The largest absolute Gasteiger partial charge is 0.272 e. The number of nitrogens with one attached hydrogen (secondary N) is 1. The van der Waals surface area contributed by atoms with Crippen LogP contribution in [0.2, 0.25) is 0 Å². The van der Waals surface area contributed by atoms with Crippen molar-refractivity contribution in [1.29, 1.82) is 0 Å². The van der Waals surface area contributed by atoms with Gasteiger partial charge in [0, 0.05) is 4.88 Å². The number of hydrogen-bond acceptors (Lipinski definition) is 6. The Hall–Kier alpha value is -3.23. The molecule has 1 aliphatic rings. The van der Waals surface area contributed by atoms with Crippen molar-refractivity contribution < 1.29 is 4.79 Å². The van der Waals surface area contributed by atoms with E-state index in [4.69, 9.17) is 4.98 Å². The van der Waals surface area contributed by atoms with Gasteiger partial charge >= 0.3 is 0 Å². The maximum atomic E-state index is 13.8. The van der Waals surface area contributed by atoms with E-state index in [-0.39, 0.29) is 17.2 Å². The normalized spacial score (nSPS) is 13.3. The first kappa shape index (κ1) is 23.5. The van der Waals surface area contributed by atoms with Crippen molar-refractivity contribution >= 4 is 45.4 Å². The third-order valence-corrected chi connectivity index (χ3v) is 8.15. The topological polar surface area (TPSA) is 76.3 Å². The van der Waals surface area contributed by atoms with Crippen LogP contribution >= 0.6 is 23.1 Å². The first-order valence-corrected chi connectivity index (χ1v) is 13.5. The van der Waals surface area contributed by atoms with Crippen LogP contribution in [0.4, 0.5) is 0 Å². The first-order chi connectivity index (χ1) is 17.0. The summed E-state index contributed by atoms with van der Waals surface area (Å²) in [5.41, 5.74) is 7.59. The van der Waals surface area contributed by atoms with E-state index in [1.807, 2.05) is 62.4 Å². The number of carbonyl (C=O) groups excluding carboxylic acids is 1. The van der Waals surface area contributed by atoms with E-state index in [0.29, 0.717) is 5.16 Å². The molecule has 1 aliphatic carbocycles. The number of carbonyl (C=O) groups is 1. The van der Waals surface area contributed by atoms with Crippen LogP contribution < -0.4 is 11.0 Å². The molecular formula is C27H26N4O2S2. The lowest BCUT2D eigenvalue weighted by molar-refractivity contribution is -0.118. The zero-order valence-electron chi connectivity index (χ0n) is 19.7. The molecule has 0 unspecified atom stereocenters. The fraction of sp³-hybridized carbons (Fsp3) is 0.259. The molecule has 0 fully saturated rings. The second-order valence-corrected chi connectivity index (χ2v) is 10.8. The minimum atomic E-state index is -0.255. The van der Waals surface area contributed by atoms with Crippen LogP contribution in [0.25, 0.3) is 15.9 Å². The van der Waals surface area contributed by atoms with E-state index in [0.717, 1.165) is 63.8 Å². The van der Waals surface area contributed by atoms with E-state index in [1.165, 1.54) is 16.6 Å². The quantitative estimate of drug-likeness (QED) is 0.170. The summed E-state index contributed by atoms with van der Waals surface area (Å²) in [5, 5.41) is 5.33. The second kappa shape index (κ2) is 10.2. The highest BCUT2D eigenvalue weighted by Gasteiger charge is 2.23. The number of hydrazone groups is 1. The molecule has 0 radical (unpaired) electrons. The number of thiophene rings is 1. The minimum absolute atomic E-state index is 0.0568. The summed E-state index contributed by atoms with van der Waals surface area (Å²) in [6, 6.07) is 15.7. The number of amides is 1. The summed E-state index contributed by atoms with van der Waals surface area (Å²) in [4.78, 5) is 33.2. The number of hydrogen-bond donors (Lipinski definition) is 1. The van der Waals surface area contributed by atoms with E-state index in [2.05, 4.69) is 10.5 Å². The maximum Gasteiger partial charge on any atom is 0.267 e. The minimum Gasteiger partial charge on any atom is -0.272 e. The molecule has 8 heteroatoms. The Labute approximate surface area is 212 Å². The van der Waals surface area contributed by atoms with Crippen LogP contribution in [0.5, 0.6) is 0 Å². The molecule has 0 bridgehead atoms. The van der Waals surface area contributed by atoms with Gasteiger partial charge in [0.25, 0.3) is 11.5 Å². The standard InChI is InChI=1S/C27H26N4O2S2/c1-17-10-12-20(13-11-17)31-26(33)24-21-8-3-4-9-22(21)35-25(24)29-27(31)34-16-23(32)30-28-15-19-7-5-6-18(2)14-19/h5-7,10-15H,3-4,8-9,16H2,1-2H3,(H,30,32). The number of aromatic nitrogens is 2. The van der Waals surface area contributed by atoms with Crippen molar-refractivity contribution in [3.8, 4) is 5.69 Å². The lowest BCUT2D eigenvalue weighted by Gasteiger charge is -2.13. The summed E-state index contributed by atoms with van der Waals surface area (Å²) in [6.45, 7) is 4.02. The summed E-state index contributed by atoms with van der Waals surface area (Å²) in [6.07, 6.45) is 5.80. The molecule has 0 spiro atoms. The van der Waals surface area contributed by atoms with Crippen LogP contribution in [0, 0.1) is 13.8 Å². The summed E-state index contributed by atoms with van der Waals surface area (Å²) < 4.78 is 1.65. The smallest absolute Gasteiger partial charge is 0.267 e. The van der Waals surface area contributed by atoms with Gasteiger partial charge in [0.1, 0.15) is 4.83 Å². The lowest BCUT2D eigenvalue weighted by atomic mass is 9.97. The second-order valence-electron chi connectivity index (χ2n) is 8.76. The molecule has 6 nitrogen and oxygen atoms in total. The van der Waals surface area contributed by atoms with E-state index in [9.17, 15) is 9.59 Å². The van der Waals surface area contributed by atoms with Crippen molar-refractivity contribution in [2.75, 3.05) is 5.75 Å². The van der Waals surface area contributed by atoms with Gasteiger partial charge < -0.3 is 0 Å². The van der Waals surface area contributed by atoms with Gasteiger partial charge in [0.2, 0.25) is 0 Å². The molecule has 0 aliphatic heterocycles. The Morgan fingerprint density at radius 1 is 1.14 bits per heavy atom. The molecule has 178 valence electrons. The molecule has 0 atom stereocenters. The summed E-state index contributed by atoms with van der Waals surface area (Å²) in [7, 11) is 0. The highest BCUT2D eigenvalue weighted by Crippen LogP contribution is 2.35. The fourth-order valence-electron chi connectivity index (χ4n) is 4.30. The predicted molar refractivity (Wildman–Crippen MR) is 144 cm³/mol. The van der Waals surface area contributed by atoms with Gasteiger partial charge in [-0.25, -0.2) is 10.4 Å². The van der Waals surface area contributed by atoms with Crippen LogP contribution in [0.1, 0.15) is 40.0 Å². The van der Waals surface area contributed by atoms with Crippen LogP contribution in [-0.4, -0.2) is 27.4 Å². The first-order valence-electron chi connectivity index (χ1n) is 11.7. The van der Waals surface area contributed by atoms with Gasteiger partial charge in [-0.05, 0) is 62.8 Å². The average molecular weight is 503 g/mol. The Morgan fingerprint density at radius 3 is 2.74 bits per heavy atom. The van der Waals surface area contributed by atoms with Gasteiger partial charge in [0.05, 0.1) is 23.0 Å². The zero-order valence-corrected chi connectivity index (χ0v) is 21.3. The molecule has 1 amide bonds. The van der Waals surface area contributed by atoms with Gasteiger partial charge in [0.15, 0.2) is 5.16 Å². The molecule has 2 heterocycles. The number of fused-ring (bicyclic) bond motifs is 3. The summed E-state index contributed by atoms with van der Waals surface area (Å²) >= 11 is 2.87. The van der Waals surface area contributed by atoms with Crippen molar-refractivity contribution in [3.05, 3.63) is 86.0 Å². The molecule has 4 aromatic rings. The fourth-order valence-corrected chi connectivity index (χ4v) is 6.40. The number of nitrogens with zero attached hydrogens (tertiary/aromatic N) is 3. The van der Waals surface area contributed by atoms with Crippen molar-refractivity contribution in [1.82, 2.24) is 15.0 Å². The van der Waals surface area contributed by atoms with Crippen LogP contribution in [0.3, 0.4) is 0 Å². The van der Waals surface area contributed by atoms with Crippen molar-refractivity contribution in [2.45, 2.75) is 44.7 Å². The molecule has 35 heavy (non-hydrogen) atoms. The molecule has 0 saturated heterocycles. The third-order valence-electron chi connectivity index (χ3n) is 6.03. The van der Waals surface area contributed by atoms with Gasteiger partial charge in [-0.3, -0.25) is 14.2 Å². The molecule has 0 saturated carbocycles. The third kappa shape index (κ3) is 5.09. The van der Waals surface area contributed by atoms with Gasteiger partial charge in [-0.1, -0.05) is 59.3 Å². The van der Waals surface area contributed by atoms with E-state index < -0.39 is 0 Å². The van der Waals surface area contributed by atoms with Crippen LogP contribution in [0.15, 0.2) is 63.6 Å². The molecule has 2 aromatic carbocycles. The average Bonchev–Trinajstić information content (AvgIpc) is 3.22. The molecule has 5 rings (SSSR count). The highest BCUT2D eigenvalue weighted by molar-refractivity contribution is 7.99. The Kier molecular flexibility index (Phi) is 6.83. The monoisotopic (exact) mass is 502 g/mol. The van der Waals surface area contributed by atoms with Gasteiger partial charge in [-0.2, -0.15) is 5.10 Å². The van der Waals surface area contributed by atoms with Crippen molar-refractivity contribution in [2.24, 2.45) is 5.10 Å².